The maximum Gasteiger partial charge on any atom is 0.241 e. The van der Waals surface area contributed by atoms with Gasteiger partial charge in [-0.15, -0.1) is 0 Å². The lowest BCUT2D eigenvalue weighted by Crippen LogP contribution is -2.13. The minimum Gasteiger partial charge on any atom is -0.336 e. The summed E-state index contributed by atoms with van der Waals surface area (Å²) in [6.07, 6.45) is 3.11. The summed E-state index contributed by atoms with van der Waals surface area (Å²) < 4.78 is 40.8. The molecule has 1 aliphatic carbocycles. The summed E-state index contributed by atoms with van der Waals surface area (Å²) in [5.74, 6) is 0.713. The number of sulfonamides is 1. The first-order valence-corrected chi connectivity index (χ1v) is 11.5. The second-order valence-corrected chi connectivity index (χ2v) is 9.71. The van der Waals surface area contributed by atoms with Gasteiger partial charge < -0.3 is 5.32 Å². The van der Waals surface area contributed by atoms with Crippen LogP contribution in [0.15, 0.2) is 41.3 Å². The van der Waals surface area contributed by atoms with Gasteiger partial charge in [-0.05, 0) is 50.5 Å². The summed E-state index contributed by atoms with van der Waals surface area (Å²) in [4.78, 5) is 4.66. The molecule has 9 heteroatoms. The Morgan fingerprint density at radius 2 is 2.00 bits per heavy atom. The number of pyridine rings is 1. The topological polar surface area (TPSA) is 99.8 Å². The number of anilines is 2. The molecule has 1 saturated carbocycles. The molecule has 0 saturated heterocycles. The van der Waals surface area contributed by atoms with E-state index in [1.54, 1.807) is 0 Å². The highest BCUT2D eigenvalue weighted by Gasteiger charge is 2.31. The van der Waals surface area contributed by atoms with E-state index in [0.29, 0.717) is 17.7 Å². The Balaban J connectivity index is 1.31. The Kier molecular flexibility index (Phi) is 4.59. The van der Waals surface area contributed by atoms with Crippen molar-refractivity contribution < 1.29 is 12.8 Å². The van der Waals surface area contributed by atoms with Crippen LogP contribution in [-0.2, 0) is 16.6 Å². The van der Waals surface area contributed by atoms with Gasteiger partial charge >= 0.3 is 0 Å². The van der Waals surface area contributed by atoms with Crippen molar-refractivity contribution >= 4 is 21.5 Å². The fourth-order valence-corrected chi connectivity index (χ4v) is 5.66. The lowest BCUT2D eigenvalue weighted by atomic mass is 9.99. The van der Waals surface area contributed by atoms with E-state index in [0.717, 1.165) is 36.3 Å². The zero-order valence-corrected chi connectivity index (χ0v) is 17.3. The van der Waals surface area contributed by atoms with Crippen LogP contribution in [0, 0.1) is 12.7 Å². The van der Waals surface area contributed by atoms with Gasteiger partial charge in [-0.2, -0.15) is 5.10 Å². The highest BCUT2D eigenvalue weighted by Crippen LogP contribution is 2.43. The molecule has 0 radical (unpaired) electrons. The van der Waals surface area contributed by atoms with Gasteiger partial charge in [-0.25, -0.2) is 17.5 Å². The predicted octanol–water partition coefficient (Wildman–Crippen LogP) is 3.84. The molecule has 156 valence electrons. The van der Waals surface area contributed by atoms with E-state index in [1.807, 2.05) is 19.1 Å². The number of hydrogen-bond acceptors (Lipinski definition) is 5. The van der Waals surface area contributed by atoms with Crippen LogP contribution < -0.4 is 10.0 Å². The number of halogens is 1. The third-order valence-corrected chi connectivity index (χ3v) is 7.48. The summed E-state index contributed by atoms with van der Waals surface area (Å²) in [6.45, 7) is 1.97. The molecular formula is C21H22FN5O2S. The molecule has 0 amide bonds. The van der Waals surface area contributed by atoms with Gasteiger partial charge in [-0.1, -0.05) is 6.07 Å². The highest BCUT2D eigenvalue weighted by molar-refractivity contribution is 7.89. The van der Waals surface area contributed by atoms with E-state index < -0.39 is 15.8 Å². The quantitative estimate of drug-likeness (QED) is 0.587. The van der Waals surface area contributed by atoms with Gasteiger partial charge in [0.1, 0.15) is 0 Å². The largest absolute Gasteiger partial charge is 0.336 e. The normalized spacial score (nSPS) is 22.2. The van der Waals surface area contributed by atoms with E-state index in [4.69, 9.17) is 0 Å². The number of fused-ring (bicyclic) bond motifs is 1. The molecule has 3 N–H and O–H groups in total. The minimum atomic E-state index is -3.60. The van der Waals surface area contributed by atoms with E-state index in [2.05, 4.69) is 37.4 Å². The molecule has 0 bridgehead atoms. The van der Waals surface area contributed by atoms with E-state index in [1.165, 1.54) is 12.1 Å². The first-order chi connectivity index (χ1) is 14.4. The Bertz CT molecular complexity index is 1220. The molecule has 5 rings (SSSR count). The maximum absolute atomic E-state index is 14.8. The van der Waals surface area contributed by atoms with Gasteiger partial charge in [0.2, 0.25) is 10.0 Å². The number of aromatic amines is 1. The smallest absolute Gasteiger partial charge is 0.241 e. The van der Waals surface area contributed by atoms with Crippen molar-refractivity contribution in [3.63, 3.8) is 0 Å². The number of aromatic nitrogens is 3. The molecule has 0 spiro atoms. The van der Waals surface area contributed by atoms with Crippen LogP contribution in [0.2, 0.25) is 0 Å². The van der Waals surface area contributed by atoms with Crippen molar-refractivity contribution in [1.82, 2.24) is 19.9 Å². The molecule has 3 heterocycles. The average Bonchev–Trinajstić information content (AvgIpc) is 3.43. The Morgan fingerprint density at radius 3 is 2.83 bits per heavy atom. The third kappa shape index (κ3) is 3.37. The van der Waals surface area contributed by atoms with Gasteiger partial charge in [0.05, 0.1) is 10.6 Å². The molecule has 2 aliphatic rings. The highest BCUT2D eigenvalue weighted by atomic mass is 32.2. The lowest BCUT2D eigenvalue weighted by Gasteiger charge is -2.10. The van der Waals surface area contributed by atoms with Crippen LogP contribution in [0.1, 0.15) is 53.7 Å². The second-order valence-electron chi connectivity index (χ2n) is 7.97. The molecule has 30 heavy (non-hydrogen) atoms. The number of hydrogen-bond donors (Lipinski definition) is 3. The zero-order chi connectivity index (χ0) is 20.9. The van der Waals surface area contributed by atoms with Crippen molar-refractivity contribution in [2.75, 3.05) is 5.32 Å². The number of aryl methyl sites for hydroxylation is 1. The lowest BCUT2D eigenvalue weighted by molar-refractivity contribution is 0.589. The molecule has 3 aromatic rings. The monoisotopic (exact) mass is 427 g/mol. The van der Waals surface area contributed by atoms with Gasteiger partial charge in [0, 0.05) is 47.1 Å². The summed E-state index contributed by atoms with van der Waals surface area (Å²) in [7, 11) is -3.60. The first kappa shape index (κ1) is 19.2. The van der Waals surface area contributed by atoms with Crippen LogP contribution in [0.3, 0.4) is 0 Å². The van der Waals surface area contributed by atoms with Crippen molar-refractivity contribution in [1.29, 1.82) is 0 Å². The third-order valence-electron chi connectivity index (χ3n) is 5.99. The van der Waals surface area contributed by atoms with Crippen molar-refractivity contribution in [2.45, 2.75) is 49.5 Å². The van der Waals surface area contributed by atoms with E-state index in [-0.39, 0.29) is 22.7 Å². The summed E-state index contributed by atoms with van der Waals surface area (Å²) >= 11 is 0. The van der Waals surface area contributed by atoms with Crippen LogP contribution in [0.5, 0.6) is 0 Å². The predicted molar refractivity (Wildman–Crippen MR) is 111 cm³/mol. The fourth-order valence-electron chi connectivity index (χ4n) is 4.43. The summed E-state index contributed by atoms with van der Waals surface area (Å²) in [5, 5.41) is 10.3. The van der Waals surface area contributed by atoms with Crippen molar-refractivity contribution in [3.8, 4) is 0 Å². The number of nitrogens with zero attached hydrogens (tertiary/aromatic N) is 2. The molecular weight excluding hydrogens is 405 g/mol. The number of benzene rings is 1. The van der Waals surface area contributed by atoms with Crippen LogP contribution >= 0.6 is 0 Å². The van der Waals surface area contributed by atoms with Gasteiger partial charge in [0.25, 0.3) is 0 Å². The zero-order valence-electron chi connectivity index (χ0n) is 16.4. The van der Waals surface area contributed by atoms with Gasteiger partial charge in [0.15, 0.2) is 11.6 Å². The van der Waals surface area contributed by atoms with Crippen LogP contribution in [0.25, 0.3) is 0 Å². The minimum absolute atomic E-state index is 0.00461. The number of rotatable bonds is 4. The van der Waals surface area contributed by atoms with Crippen LogP contribution in [0.4, 0.5) is 15.9 Å². The van der Waals surface area contributed by atoms with Gasteiger partial charge in [-0.3, -0.25) is 10.1 Å². The molecule has 1 aliphatic heterocycles. The molecule has 1 fully saturated rings. The maximum atomic E-state index is 14.8. The molecule has 2 aromatic heterocycles. The molecule has 2 atom stereocenters. The van der Waals surface area contributed by atoms with Crippen LogP contribution in [-0.4, -0.2) is 23.6 Å². The van der Waals surface area contributed by atoms with Crippen molar-refractivity contribution in [2.24, 2.45) is 0 Å². The van der Waals surface area contributed by atoms with E-state index >= 15 is 0 Å². The Morgan fingerprint density at radius 1 is 1.17 bits per heavy atom. The number of nitrogens with one attached hydrogen (secondary N) is 3. The molecule has 1 aromatic carbocycles. The van der Waals surface area contributed by atoms with Crippen molar-refractivity contribution in [3.05, 3.63) is 64.9 Å². The fraction of sp³-hybridized carbons (Fsp3) is 0.333. The SMILES string of the molecule is Cc1cccc(C2CCC(c3cc(Nc4ccc5c(c4F)CNS5(=O)=O)n[nH]3)C2)n1. The standard InChI is InChI=1S/C21H22FN5O2S/c1-12-3-2-4-16(24-12)13-5-6-14(9-13)18-10-20(27-26-18)25-17-7-8-19-15(21(17)22)11-23-30(19,28)29/h2-4,7-8,10,13-14,23H,5-6,9,11H2,1H3,(H2,25,26,27). The number of H-pyrrole nitrogens is 1. The Labute approximate surface area is 174 Å². The Hall–Kier alpha value is -2.78. The molecule has 7 nitrogen and oxygen atoms in total. The summed E-state index contributed by atoms with van der Waals surface area (Å²) in [5.41, 5.74) is 3.54. The average molecular weight is 428 g/mol. The second kappa shape index (κ2) is 7.17. The van der Waals surface area contributed by atoms with E-state index in [9.17, 15) is 12.8 Å². The first-order valence-electron chi connectivity index (χ1n) is 9.97. The molecule has 2 unspecified atom stereocenters. The summed E-state index contributed by atoms with van der Waals surface area (Å²) in [6, 6.07) is 10.9.